The van der Waals surface area contributed by atoms with Crippen LogP contribution < -0.4 is 5.32 Å². The molecule has 1 aliphatic heterocycles. The number of rotatable bonds is 3. The Morgan fingerprint density at radius 2 is 2.56 bits per heavy atom. The van der Waals surface area contributed by atoms with Gasteiger partial charge in [-0.2, -0.15) is 0 Å². The van der Waals surface area contributed by atoms with Gasteiger partial charge in [0.05, 0.1) is 5.01 Å². The van der Waals surface area contributed by atoms with Crippen molar-refractivity contribution in [3.63, 3.8) is 0 Å². The number of hydrogen-bond acceptors (Lipinski definition) is 4. The Labute approximate surface area is 99.7 Å². The molecule has 0 radical (unpaired) electrons. The van der Waals surface area contributed by atoms with E-state index in [9.17, 15) is 4.79 Å². The number of hydrogen-bond donors (Lipinski definition) is 1. The van der Waals surface area contributed by atoms with E-state index in [4.69, 9.17) is 0 Å². The molecule has 0 saturated carbocycles. The van der Waals surface area contributed by atoms with Gasteiger partial charge in [-0.3, -0.25) is 4.79 Å². The van der Waals surface area contributed by atoms with Crippen molar-refractivity contribution in [3.05, 3.63) is 16.1 Å². The highest BCUT2D eigenvalue weighted by atomic mass is 32.1. The number of aryl methyl sites for hydroxylation is 1. The normalized spacial score (nSPS) is 21.2. The summed E-state index contributed by atoms with van der Waals surface area (Å²) in [5, 5.41) is 5.70. The van der Waals surface area contributed by atoms with Crippen molar-refractivity contribution in [2.45, 2.75) is 13.3 Å². The maximum atomic E-state index is 11.7. The van der Waals surface area contributed by atoms with Crippen molar-refractivity contribution in [2.75, 3.05) is 26.7 Å². The standard InChI is InChI=1S/C11H17N3OS/c1-8-13-10(7-16-8)11(15)12-5-9-3-4-14(2)6-9/h7,9H,3-6H2,1-2H3,(H,12,15). The minimum absolute atomic E-state index is 0.0427. The molecule has 1 aromatic rings. The van der Waals surface area contributed by atoms with Crippen molar-refractivity contribution in [1.82, 2.24) is 15.2 Å². The van der Waals surface area contributed by atoms with Crippen LogP contribution in [-0.2, 0) is 0 Å². The van der Waals surface area contributed by atoms with Gasteiger partial charge >= 0.3 is 0 Å². The van der Waals surface area contributed by atoms with Gasteiger partial charge in [0, 0.05) is 18.5 Å². The van der Waals surface area contributed by atoms with Crippen LogP contribution in [0, 0.1) is 12.8 Å². The molecule has 1 saturated heterocycles. The lowest BCUT2D eigenvalue weighted by molar-refractivity contribution is 0.0943. The fourth-order valence-corrected chi connectivity index (χ4v) is 2.58. The molecule has 1 unspecified atom stereocenters. The summed E-state index contributed by atoms with van der Waals surface area (Å²) < 4.78 is 0. The van der Waals surface area contributed by atoms with Crippen LogP contribution in [0.15, 0.2) is 5.38 Å². The summed E-state index contributed by atoms with van der Waals surface area (Å²) in [5.74, 6) is 0.549. The fraction of sp³-hybridized carbons (Fsp3) is 0.636. The minimum Gasteiger partial charge on any atom is -0.350 e. The van der Waals surface area contributed by atoms with Gasteiger partial charge < -0.3 is 10.2 Å². The van der Waals surface area contributed by atoms with Crippen LogP contribution in [0.25, 0.3) is 0 Å². The minimum atomic E-state index is -0.0427. The van der Waals surface area contributed by atoms with Gasteiger partial charge in [-0.05, 0) is 32.9 Å². The molecule has 2 heterocycles. The van der Waals surface area contributed by atoms with Crippen molar-refractivity contribution in [3.8, 4) is 0 Å². The number of likely N-dealkylation sites (tertiary alicyclic amines) is 1. The summed E-state index contributed by atoms with van der Waals surface area (Å²) >= 11 is 1.51. The summed E-state index contributed by atoms with van der Waals surface area (Å²) in [4.78, 5) is 18.2. The Bertz CT molecular complexity index is 377. The molecule has 5 heteroatoms. The van der Waals surface area contributed by atoms with Gasteiger partial charge in [0.1, 0.15) is 5.69 Å². The maximum Gasteiger partial charge on any atom is 0.270 e. The van der Waals surface area contributed by atoms with Gasteiger partial charge in [-0.25, -0.2) is 4.98 Å². The van der Waals surface area contributed by atoms with E-state index in [1.807, 2.05) is 12.3 Å². The quantitative estimate of drug-likeness (QED) is 0.860. The third-order valence-corrected chi connectivity index (χ3v) is 3.67. The van der Waals surface area contributed by atoms with Crippen molar-refractivity contribution < 1.29 is 4.79 Å². The number of nitrogens with zero attached hydrogens (tertiary/aromatic N) is 2. The molecule has 1 N–H and O–H groups in total. The molecule has 1 aliphatic rings. The van der Waals surface area contributed by atoms with Crippen molar-refractivity contribution in [1.29, 1.82) is 0 Å². The van der Waals surface area contributed by atoms with Crippen LogP contribution in [0.4, 0.5) is 0 Å². The highest BCUT2D eigenvalue weighted by Crippen LogP contribution is 2.13. The topological polar surface area (TPSA) is 45.2 Å². The molecule has 0 aromatic carbocycles. The Morgan fingerprint density at radius 1 is 1.75 bits per heavy atom. The molecular formula is C11H17N3OS. The van der Waals surface area contributed by atoms with E-state index < -0.39 is 0 Å². The molecule has 1 fully saturated rings. The van der Waals surface area contributed by atoms with Crippen LogP contribution in [0.1, 0.15) is 21.9 Å². The van der Waals surface area contributed by atoms with E-state index in [1.54, 1.807) is 0 Å². The first-order valence-electron chi connectivity index (χ1n) is 5.54. The van der Waals surface area contributed by atoms with Crippen LogP contribution >= 0.6 is 11.3 Å². The number of carbonyl (C=O) groups is 1. The van der Waals surface area contributed by atoms with E-state index in [-0.39, 0.29) is 5.91 Å². The van der Waals surface area contributed by atoms with E-state index >= 15 is 0 Å². The zero-order valence-electron chi connectivity index (χ0n) is 9.69. The monoisotopic (exact) mass is 239 g/mol. The van der Waals surface area contributed by atoms with Crippen LogP contribution in [0.3, 0.4) is 0 Å². The third-order valence-electron chi connectivity index (χ3n) is 2.89. The predicted molar refractivity (Wildman–Crippen MR) is 64.8 cm³/mol. The first-order valence-corrected chi connectivity index (χ1v) is 6.42. The van der Waals surface area contributed by atoms with E-state index in [2.05, 4.69) is 22.2 Å². The molecule has 1 aromatic heterocycles. The first-order chi connectivity index (χ1) is 7.65. The molecular weight excluding hydrogens is 222 g/mol. The van der Waals surface area contributed by atoms with Gasteiger partial charge in [0.25, 0.3) is 5.91 Å². The van der Waals surface area contributed by atoms with E-state index in [1.165, 1.54) is 17.8 Å². The fourth-order valence-electron chi connectivity index (χ4n) is 1.99. The van der Waals surface area contributed by atoms with Gasteiger partial charge in [-0.1, -0.05) is 0 Å². The molecule has 2 rings (SSSR count). The highest BCUT2D eigenvalue weighted by Gasteiger charge is 2.20. The molecule has 0 spiro atoms. The largest absolute Gasteiger partial charge is 0.350 e. The van der Waals surface area contributed by atoms with E-state index in [0.29, 0.717) is 11.6 Å². The SMILES string of the molecule is Cc1nc(C(=O)NCC2CCN(C)C2)cs1. The van der Waals surface area contributed by atoms with Gasteiger partial charge in [0.15, 0.2) is 0 Å². The zero-order chi connectivity index (χ0) is 11.5. The third kappa shape index (κ3) is 2.80. The average Bonchev–Trinajstić information content (AvgIpc) is 2.84. The second kappa shape index (κ2) is 4.93. The molecule has 1 atom stereocenters. The highest BCUT2D eigenvalue weighted by molar-refractivity contribution is 7.09. The van der Waals surface area contributed by atoms with Crippen molar-refractivity contribution >= 4 is 17.2 Å². The Balaban J connectivity index is 1.80. The molecule has 4 nitrogen and oxygen atoms in total. The molecule has 1 amide bonds. The zero-order valence-corrected chi connectivity index (χ0v) is 10.5. The summed E-state index contributed by atoms with van der Waals surface area (Å²) in [6.07, 6.45) is 1.17. The van der Waals surface area contributed by atoms with E-state index in [0.717, 1.165) is 24.6 Å². The van der Waals surface area contributed by atoms with Crippen molar-refractivity contribution in [2.24, 2.45) is 5.92 Å². The summed E-state index contributed by atoms with van der Waals surface area (Å²) in [7, 11) is 2.12. The predicted octanol–water partition coefficient (Wildman–Crippen LogP) is 1.13. The Morgan fingerprint density at radius 3 is 3.12 bits per heavy atom. The lowest BCUT2D eigenvalue weighted by atomic mass is 10.1. The molecule has 88 valence electrons. The number of thiazole rings is 1. The lowest BCUT2D eigenvalue weighted by Gasteiger charge is -2.10. The van der Waals surface area contributed by atoms with Crippen LogP contribution in [0.2, 0.25) is 0 Å². The number of amides is 1. The Hall–Kier alpha value is -0.940. The smallest absolute Gasteiger partial charge is 0.270 e. The lowest BCUT2D eigenvalue weighted by Crippen LogP contribution is -2.30. The number of carbonyl (C=O) groups excluding carboxylic acids is 1. The van der Waals surface area contributed by atoms with Crippen LogP contribution in [-0.4, -0.2) is 42.5 Å². The number of aromatic nitrogens is 1. The maximum absolute atomic E-state index is 11.7. The first kappa shape index (κ1) is 11.5. The molecule has 16 heavy (non-hydrogen) atoms. The average molecular weight is 239 g/mol. The van der Waals surface area contributed by atoms with Gasteiger partial charge in [0.2, 0.25) is 0 Å². The second-order valence-electron chi connectivity index (χ2n) is 4.38. The molecule has 0 bridgehead atoms. The molecule has 0 aliphatic carbocycles. The second-order valence-corrected chi connectivity index (χ2v) is 5.44. The summed E-state index contributed by atoms with van der Waals surface area (Å²) in [6, 6.07) is 0. The van der Waals surface area contributed by atoms with Gasteiger partial charge in [-0.15, -0.1) is 11.3 Å². The summed E-state index contributed by atoms with van der Waals surface area (Å²) in [5.41, 5.74) is 0.550. The number of nitrogens with one attached hydrogen (secondary N) is 1. The van der Waals surface area contributed by atoms with Crippen LogP contribution in [0.5, 0.6) is 0 Å². The summed E-state index contributed by atoms with van der Waals surface area (Å²) in [6.45, 7) is 4.89. The Kier molecular flexibility index (Phi) is 3.56.